The Morgan fingerprint density at radius 1 is 1.03 bits per heavy atom. The highest BCUT2D eigenvalue weighted by atomic mass is 16.6. The van der Waals surface area contributed by atoms with Crippen molar-refractivity contribution in [1.82, 2.24) is 9.80 Å². The molecule has 154 valence electrons. The number of rotatable bonds is 5. The second-order valence-corrected chi connectivity index (χ2v) is 7.53. The number of nitro benzene ring substituents is 1. The highest BCUT2D eigenvalue weighted by Crippen LogP contribution is 2.25. The van der Waals surface area contributed by atoms with Gasteiger partial charge in [-0.1, -0.05) is 29.8 Å². The molecule has 0 radical (unpaired) electrons. The largest absolute Gasteiger partial charge is 0.451 e. The van der Waals surface area contributed by atoms with Gasteiger partial charge in [0.1, 0.15) is 5.76 Å². The van der Waals surface area contributed by atoms with E-state index in [1.54, 1.807) is 24.3 Å². The predicted molar refractivity (Wildman–Crippen MR) is 113 cm³/mol. The molecule has 0 saturated carbocycles. The van der Waals surface area contributed by atoms with E-state index >= 15 is 0 Å². The van der Waals surface area contributed by atoms with Crippen molar-refractivity contribution < 1.29 is 14.1 Å². The molecule has 1 aliphatic rings. The molecule has 7 nitrogen and oxygen atoms in total. The molecule has 0 unspecified atom stereocenters. The van der Waals surface area contributed by atoms with Crippen molar-refractivity contribution in [2.45, 2.75) is 13.5 Å². The van der Waals surface area contributed by atoms with Crippen LogP contribution in [0.25, 0.3) is 11.3 Å². The van der Waals surface area contributed by atoms with Crippen LogP contribution < -0.4 is 0 Å². The second kappa shape index (κ2) is 8.51. The number of carbonyl (C=O) groups excluding carboxylic acids is 1. The third-order valence-corrected chi connectivity index (χ3v) is 5.33. The summed E-state index contributed by atoms with van der Waals surface area (Å²) in [4.78, 5) is 27.3. The van der Waals surface area contributed by atoms with Gasteiger partial charge in [-0.15, -0.1) is 0 Å². The highest BCUT2D eigenvalue weighted by molar-refractivity contribution is 5.92. The summed E-state index contributed by atoms with van der Waals surface area (Å²) in [5, 5.41) is 10.8. The first kappa shape index (κ1) is 19.8. The van der Waals surface area contributed by atoms with Gasteiger partial charge in [-0.2, -0.15) is 0 Å². The molecule has 0 atom stereocenters. The van der Waals surface area contributed by atoms with Gasteiger partial charge in [-0.25, -0.2) is 0 Å². The number of amides is 1. The molecular formula is C23H23N3O4. The number of piperazine rings is 1. The van der Waals surface area contributed by atoms with Gasteiger partial charge in [0.2, 0.25) is 0 Å². The van der Waals surface area contributed by atoms with Crippen molar-refractivity contribution in [3.05, 3.63) is 87.7 Å². The van der Waals surface area contributed by atoms with Crippen LogP contribution in [0.2, 0.25) is 0 Å². The minimum Gasteiger partial charge on any atom is -0.451 e. The van der Waals surface area contributed by atoms with E-state index in [-0.39, 0.29) is 17.4 Å². The molecule has 0 bridgehead atoms. The Morgan fingerprint density at radius 3 is 2.43 bits per heavy atom. The van der Waals surface area contributed by atoms with Crippen LogP contribution in [-0.4, -0.2) is 46.8 Å². The van der Waals surface area contributed by atoms with E-state index in [1.165, 1.54) is 23.3 Å². The number of non-ortho nitro benzene ring substituents is 1. The number of furan rings is 1. The molecule has 30 heavy (non-hydrogen) atoms. The first-order chi connectivity index (χ1) is 14.5. The van der Waals surface area contributed by atoms with E-state index in [2.05, 4.69) is 36.1 Å². The van der Waals surface area contributed by atoms with Crippen molar-refractivity contribution in [1.29, 1.82) is 0 Å². The predicted octanol–water partition coefficient (Wildman–Crippen LogP) is 4.12. The zero-order chi connectivity index (χ0) is 21.1. The fraction of sp³-hybridized carbons (Fsp3) is 0.261. The van der Waals surface area contributed by atoms with E-state index in [4.69, 9.17) is 4.42 Å². The van der Waals surface area contributed by atoms with Crippen LogP contribution in [0.5, 0.6) is 0 Å². The minimum absolute atomic E-state index is 0.0186. The molecule has 0 spiro atoms. The van der Waals surface area contributed by atoms with Crippen LogP contribution in [-0.2, 0) is 6.54 Å². The molecule has 1 amide bonds. The van der Waals surface area contributed by atoms with E-state index in [9.17, 15) is 14.9 Å². The van der Waals surface area contributed by atoms with E-state index in [1.807, 2.05) is 4.90 Å². The lowest BCUT2D eigenvalue weighted by Gasteiger charge is -2.34. The van der Waals surface area contributed by atoms with Gasteiger partial charge in [0.05, 0.1) is 4.92 Å². The Bertz CT molecular complexity index is 1050. The standard InChI is InChI=1S/C23H23N3O4/c1-17-3-2-4-18(15-17)16-24-11-13-25(14-12-24)23(27)22-10-9-21(30-22)19-5-7-20(8-6-19)26(28)29/h2-10,15H,11-14,16H2,1H3. The fourth-order valence-electron chi connectivity index (χ4n) is 3.69. The highest BCUT2D eigenvalue weighted by Gasteiger charge is 2.24. The summed E-state index contributed by atoms with van der Waals surface area (Å²) in [6, 6.07) is 18.0. The maximum atomic E-state index is 12.8. The third-order valence-electron chi connectivity index (χ3n) is 5.33. The van der Waals surface area contributed by atoms with Gasteiger partial charge < -0.3 is 9.32 Å². The average molecular weight is 405 g/mol. The summed E-state index contributed by atoms with van der Waals surface area (Å²) in [6.45, 7) is 5.91. The summed E-state index contributed by atoms with van der Waals surface area (Å²) >= 11 is 0. The maximum Gasteiger partial charge on any atom is 0.289 e. The topological polar surface area (TPSA) is 79.8 Å². The van der Waals surface area contributed by atoms with E-state index in [0.29, 0.717) is 24.4 Å². The van der Waals surface area contributed by atoms with Crippen LogP contribution in [0.3, 0.4) is 0 Å². The first-order valence-corrected chi connectivity index (χ1v) is 9.91. The molecule has 4 rings (SSSR count). The molecule has 1 aromatic heterocycles. The average Bonchev–Trinajstić information content (AvgIpc) is 3.24. The number of nitrogens with zero attached hydrogens (tertiary/aromatic N) is 3. The molecule has 0 N–H and O–H groups in total. The number of benzene rings is 2. The Labute approximate surface area is 174 Å². The smallest absolute Gasteiger partial charge is 0.289 e. The maximum absolute atomic E-state index is 12.8. The monoisotopic (exact) mass is 405 g/mol. The molecule has 3 aromatic rings. The lowest BCUT2D eigenvalue weighted by Crippen LogP contribution is -2.48. The van der Waals surface area contributed by atoms with Crippen molar-refractivity contribution in [3.8, 4) is 11.3 Å². The summed E-state index contributed by atoms with van der Waals surface area (Å²) in [5.41, 5.74) is 3.25. The fourth-order valence-corrected chi connectivity index (χ4v) is 3.69. The Hall–Kier alpha value is -3.45. The number of hydrogen-bond acceptors (Lipinski definition) is 5. The molecule has 2 aromatic carbocycles. The zero-order valence-corrected chi connectivity index (χ0v) is 16.8. The van der Waals surface area contributed by atoms with Crippen LogP contribution in [0.1, 0.15) is 21.7 Å². The second-order valence-electron chi connectivity index (χ2n) is 7.53. The quantitative estimate of drug-likeness (QED) is 0.471. The Morgan fingerprint density at radius 2 is 1.77 bits per heavy atom. The van der Waals surface area contributed by atoms with Gasteiger partial charge in [-0.05, 0) is 36.8 Å². The number of nitro groups is 1. The summed E-state index contributed by atoms with van der Waals surface area (Å²) in [7, 11) is 0. The van der Waals surface area contributed by atoms with Crippen LogP contribution >= 0.6 is 0 Å². The molecule has 1 saturated heterocycles. The SMILES string of the molecule is Cc1cccc(CN2CCN(C(=O)c3ccc(-c4ccc([N+](=O)[O-])cc4)o3)CC2)c1. The van der Waals surface area contributed by atoms with Gasteiger partial charge >= 0.3 is 0 Å². The molecule has 0 aliphatic carbocycles. The molecule has 7 heteroatoms. The van der Waals surface area contributed by atoms with Gasteiger partial charge in [-0.3, -0.25) is 19.8 Å². The first-order valence-electron chi connectivity index (χ1n) is 9.91. The van der Waals surface area contributed by atoms with Crippen LogP contribution in [0.15, 0.2) is 65.1 Å². The van der Waals surface area contributed by atoms with Gasteiger partial charge in [0.15, 0.2) is 5.76 Å². The van der Waals surface area contributed by atoms with Crippen molar-refractivity contribution >= 4 is 11.6 Å². The van der Waals surface area contributed by atoms with Gasteiger partial charge in [0.25, 0.3) is 11.6 Å². The Kier molecular flexibility index (Phi) is 5.63. The van der Waals surface area contributed by atoms with E-state index in [0.717, 1.165) is 19.6 Å². The molecule has 1 aliphatic heterocycles. The van der Waals surface area contributed by atoms with Crippen molar-refractivity contribution in [2.24, 2.45) is 0 Å². The lowest BCUT2D eigenvalue weighted by molar-refractivity contribution is -0.384. The minimum atomic E-state index is -0.445. The lowest BCUT2D eigenvalue weighted by atomic mass is 10.1. The summed E-state index contributed by atoms with van der Waals surface area (Å²) in [6.07, 6.45) is 0. The number of carbonyl (C=O) groups is 1. The number of aryl methyl sites for hydroxylation is 1. The zero-order valence-electron chi connectivity index (χ0n) is 16.8. The van der Waals surface area contributed by atoms with E-state index < -0.39 is 4.92 Å². The normalized spacial score (nSPS) is 14.6. The van der Waals surface area contributed by atoms with Crippen molar-refractivity contribution in [3.63, 3.8) is 0 Å². The van der Waals surface area contributed by atoms with Gasteiger partial charge in [0, 0.05) is 50.4 Å². The molecular weight excluding hydrogens is 382 g/mol. The van der Waals surface area contributed by atoms with Crippen LogP contribution in [0, 0.1) is 17.0 Å². The number of hydrogen-bond donors (Lipinski definition) is 0. The molecule has 1 fully saturated rings. The third kappa shape index (κ3) is 4.41. The summed E-state index contributed by atoms with van der Waals surface area (Å²) in [5.74, 6) is 0.681. The summed E-state index contributed by atoms with van der Waals surface area (Å²) < 4.78 is 5.75. The van der Waals surface area contributed by atoms with Crippen molar-refractivity contribution in [2.75, 3.05) is 26.2 Å². The Balaban J connectivity index is 1.36. The van der Waals surface area contributed by atoms with Crippen LogP contribution in [0.4, 0.5) is 5.69 Å². The molecule has 2 heterocycles.